The molecule has 0 saturated carbocycles. The third kappa shape index (κ3) is 4.17. The standard InChI is InChI=1S/C19H20N6S3/c1-4-20-18-23-24-19(28-18)27-17-15-13(12-8-6-5-7-9-12)11-26-16(15)21-14(22-17)10-25(2)3/h5-9,11H,4,10H2,1-3H3,(H,20,23). The molecule has 3 heterocycles. The van der Waals surface area contributed by atoms with Crippen molar-refractivity contribution in [2.24, 2.45) is 0 Å². The largest absolute Gasteiger partial charge is 0.360 e. The second-order valence-corrected chi connectivity index (χ2v) is 9.46. The predicted octanol–water partition coefficient (Wildman–Crippen LogP) is 4.85. The van der Waals surface area contributed by atoms with Crippen LogP contribution in [0.15, 0.2) is 45.1 Å². The van der Waals surface area contributed by atoms with Crippen LogP contribution in [0.5, 0.6) is 0 Å². The van der Waals surface area contributed by atoms with Gasteiger partial charge >= 0.3 is 0 Å². The summed E-state index contributed by atoms with van der Waals surface area (Å²) in [6.07, 6.45) is 0. The molecule has 4 aromatic rings. The number of hydrogen-bond acceptors (Lipinski definition) is 9. The Morgan fingerprint density at radius 3 is 2.68 bits per heavy atom. The first-order valence-electron chi connectivity index (χ1n) is 8.87. The summed E-state index contributed by atoms with van der Waals surface area (Å²) in [7, 11) is 4.05. The van der Waals surface area contributed by atoms with Crippen molar-refractivity contribution in [1.29, 1.82) is 0 Å². The third-order valence-corrected chi connectivity index (χ3v) is 6.70. The Bertz CT molecular complexity index is 1070. The Balaban J connectivity index is 1.81. The zero-order chi connectivity index (χ0) is 19.5. The summed E-state index contributed by atoms with van der Waals surface area (Å²) in [6, 6.07) is 10.4. The first kappa shape index (κ1) is 19.3. The molecule has 144 valence electrons. The van der Waals surface area contributed by atoms with E-state index in [0.717, 1.165) is 42.6 Å². The number of nitrogens with zero attached hydrogens (tertiary/aromatic N) is 5. The molecule has 9 heteroatoms. The summed E-state index contributed by atoms with van der Waals surface area (Å²) in [5.41, 5.74) is 2.33. The number of nitrogens with one attached hydrogen (secondary N) is 1. The minimum atomic E-state index is 0.695. The van der Waals surface area contributed by atoms with Gasteiger partial charge in [-0.15, -0.1) is 21.5 Å². The van der Waals surface area contributed by atoms with Crippen molar-refractivity contribution < 1.29 is 0 Å². The maximum absolute atomic E-state index is 4.89. The minimum Gasteiger partial charge on any atom is -0.360 e. The maximum Gasteiger partial charge on any atom is 0.206 e. The molecule has 3 aromatic heterocycles. The zero-order valence-electron chi connectivity index (χ0n) is 15.8. The molecule has 0 aliphatic heterocycles. The van der Waals surface area contributed by atoms with Gasteiger partial charge in [0.1, 0.15) is 15.7 Å². The quantitative estimate of drug-likeness (QED) is 0.422. The molecule has 0 unspecified atom stereocenters. The SMILES string of the molecule is CCNc1nnc(Sc2nc(CN(C)C)nc3scc(-c4ccccc4)c23)s1. The van der Waals surface area contributed by atoms with Gasteiger partial charge in [0.15, 0.2) is 4.34 Å². The van der Waals surface area contributed by atoms with Gasteiger partial charge in [-0.1, -0.05) is 41.7 Å². The van der Waals surface area contributed by atoms with Gasteiger partial charge in [-0.3, -0.25) is 0 Å². The van der Waals surface area contributed by atoms with Crippen LogP contribution in [-0.2, 0) is 6.54 Å². The van der Waals surface area contributed by atoms with Crippen LogP contribution in [0.25, 0.3) is 21.3 Å². The number of fused-ring (bicyclic) bond motifs is 1. The molecule has 0 radical (unpaired) electrons. The van der Waals surface area contributed by atoms with Crippen molar-refractivity contribution in [3.05, 3.63) is 41.5 Å². The van der Waals surface area contributed by atoms with Gasteiger partial charge in [0, 0.05) is 17.5 Å². The molecule has 4 rings (SSSR count). The Labute approximate surface area is 176 Å². The molecular formula is C19H20N6S3. The predicted molar refractivity (Wildman–Crippen MR) is 118 cm³/mol. The highest BCUT2D eigenvalue weighted by Gasteiger charge is 2.18. The minimum absolute atomic E-state index is 0.695. The van der Waals surface area contributed by atoms with Gasteiger partial charge in [-0.05, 0) is 38.3 Å². The number of anilines is 1. The van der Waals surface area contributed by atoms with Gasteiger partial charge < -0.3 is 10.2 Å². The smallest absolute Gasteiger partial charge is 0.206 e. The van der Waals surface area contributed by atoms with Crippen LogP contribution >= 0.6 is 34.4 Å². The molecule has 0 saturated heterocycles. The molecule has 1 N–H and O–H groups in total. The highest BCUT2D eigenvalue weighted by atomic mass is 32.2. The Morgan fingerprint density at radius 2 is 1.93 bits per heavy atom. The van der Waals surface area contributed by atoms with Crippen molar-refractivity contribution in [3.8, 4) is 11.1 Å². The van der Waals surface area contributed by atoms with E-state index in [0.29, 0.717) is 6.54 Å². The first-order chi connectivity index (χ1) is 13.6. The maximum atomic E-state index is 4.89. The topological polar surface area (TPSA) is 66.8 Å². The molecule has 0 amide bonds. The van der Waals surface area contributed by atoms with E-state index in [1.54, 1.807) is 34.4 Å². The van der Waals surface area contributed by atoms with Crippen LogP contribution in [0.4, 0.5) is 5.13 Å². The van der Waals surface area contributed by atoms with E-state index in [1.165, 1.54) is 5.56 Å². The Morgan fingerprint density at radius 1 is 1.11 bits per heavy atom. The van der Waals surface area contributed by atoms with E-state index in [2.05, 4.69) is 50.1 Å². The van der Waals surface area contributed by atoms with Crippen molar-refractivity contribution >= 4 is 49.8 Å². The number of benzene rings is 1. The van der Waals surface area contributed by atoms with Gasteiger partial charge in [0.25, 0.3) is 0 Å². The average molecular weight is 429 g/mol. The highest BCUT2D eigenvalue weighted by molar-refractivity contribution is 8.01. The summed E-state index contributed by atoms with van der Waals surface area (Å²) in [6.45, 7) is 3.57. The average Bonchev–Trinajstić information content (AvgIpc) is 3.29. The van der Waals surface area contributed by atoms with E-state index in [9.17, 15) is 0 Å². The second kappa shape index (κ2) is 8.52. The van der Waals surface area contributed by atoms with Crippen molar-refractivity contribution in [3.63, 3.8) is 0 Å². The lowest BCUT2D eigenvalue weighted by molar-refractivity contribution is 0.390. The lowest BCUT2D eigenvalue weighted by Crippen LogP contribution is -2.13. The van der Waals surface area contributed by atoms with E-state index >= 15 is 0 Å². The number of thiophene rings is 1. The van der Waals surface area contributed by atoms with Crippen molar-refractivity contribution in [2.45, 2.75) is 22.8 Å². The van der Waals surface area contributed by atoms with Crippen molar-refractivity contribution in [1.82, 2.24) is 25.1 Å². The normalized spacial score (nSPS) is 11.4. The fourth-order valence-corrected chi connectivity index (χ4v) is 5.69. The molecule has 28 heavy (non-hydrogen) atoms. The highest BCUT2D eigenvalue weighted by Crippen LogP contribution is 2.41. The van der Waals surface area contributed by atoms with Crippen LogP contribution in [0.2, 0.25) is 0 Å². The summed E-state index contributed by atoms with van der Waals surface area (Å²) < 4.78 is 0.872. The number of aromatic nitrogens is 4. The molecule has 0 atom stereocenters. The summed E-state index contributed by atoms with van der Waals surface area (Å²) in [4.78, 5) is 12.8. The Kier molecular flexibility index (Phi) is 5.86. The monoisotopic (exact) mass is 428 g/mol. The molecule has 6 nitrogen and oxygen atoms in total. The van der Waals surface area contributed by atoms with E-state index < -0.39 is 0 Å². The Hall–Kier alpha value is -2.07. The zero-order valence-corrected chi connectivity index (χ0v) is 18.3. The van der Waals surface area contributed by atoms with E-state index in [-0.39, 0.29) is 0 Å². The molecule has 0 aliphatic rings. The molecule has 1 aromatic carbocycles. The van der Waals surface area contributed by atoms with E-state index in [4.69, 9.17) is 9.97 Å². The van der Waals surface area contributed by atoms with Crippen LogP contribution in [0.1, 0.15) is 12.7 Å². The summed E-state index contributed by atoms with van der Waals surface area (Å²) in [5.74, 6) is 0.817. The third-order valence-electron chi connectivity index (χ3n) is 3.91. The number of hydrogen-bond donors (Lipinski definition) is 1. The number of rotatable bonds is 7. The molecular weight excluding hydrogens is 408 g/mol. The lowest BCUT2D eigenvalue weighted by Gasteiger charge is -2.10. The summed E-state index contributed by atoms with van der Waals surface area (Å²) in [5, 5.41) is 16.8. The molecule has 0 spiro atoms. The van der Waals surface area contributed by atoms with Crippen LogP contribution in [-0.4, -0.2) is 45.7 Å². The first-order valence-corrected chi connectivity index (χ1v) is 11.4. The van der Waals surface area contributed by atoms with Gasteiger partial charge in [-0.25, -0.2) is 9.97 Å². The lowest BCUT2D eigenvalue weighted by atomic mass is 10.1. The van der Waals surface area contributed by atoms with Crippen molar-refractivity contribution in [2.75, 3.05) is 26.0 Å². The van der Waals surface area contributed by atoms with Gasteiger partial charge in [0.05, 0.1) is 11.9 Å². The molecule has 0 aliphatic carbocycles. The van der Waals surface area contributed by atoms with Gasteiger partial charge in [0.2, 0.25) is 5.13 Å². The van der Waals surface area contributed by atoms with E-state index in [1.807, 2.05) is 27.1 Å². The van der Waals surface area contributed by atoms with Crippen LogP contribution < -0.4 is 5.32 Å². The second-order valence-electron chi connectivity index (χ2n) is 6.38. The van der Waals surface area contributed by atoms with Crippen LogP contribution in [0.3, 0.4) is 0 Å². The molecule has 0 fully saturated rings. The van der Waals surface area contributed by atoms with Crippen LogP contribution in [0, 0.1) is 0 Å². The summed E-state index contributed by atoms with van der Waals surface area (Å²) >= 11 is 4.77. The fourth-order valence-electron chi connectivity index (χ4n) is 2.77. The van der Waals surface area contributed by atoms with Gasteiger partial charge in [-0.2, -0.15) is 0 Å². The fraction of sp³-hybridized carbons (Fsp3) is 0.263. The molecule has 0 bridgehead atoms.